The van der Waals surface area contributed by atoms with E-state index in [9.17, 15) is 9.18 Å². The standard InChI is InChI=1S/C40H39ClFN7O3/c1-2-32-29-18-24(7-10-33(29)47-46-32)39(50)43-27-9-11-35-34(20-27)44-38(49(35)22-28-12-17-51-28)30-21-40(30)13-15-48(16-14-40)36-4-3-5-37(45-36)52-23-25-6-8-26(41)19-31(25)42/h3-11,18-20,28,30H,2,12-17,21-23H2,1H3,(H,43,50)(H,46,47)/t28-,30?/m0/s1. The van der Waals surface area contributed by atoms with Gasteiger partial charge in [-0.05, 0) is 92.1 Å². The van der Waals surface area contributed by atoms with Gasteiger partial charge in [0, 0.05) is 64.6 Å². The zero-order valence-corrected chi connectivity index (χ0v) is 29.6. The maximum Gasteiger partial charge on any atom is 0.255 e. The number of ether oxygens (including phenoxy) is 2. The Hall–Kier alpha value is -5.00. The number of hydrogen-bond donors (Lipinski definition) is 2. The fraction of sp³-hybridized carbons (Fsp3) is 0.350. The van der Waals surface area contributed by atoms with Gasteiger partial charge < -0.3 is 24.3 Å². The molecule has 0 radical (unpaired) electrons. The van der Waals surface area contributed by atoms with Crippen molar-refractivity contribution >= 4 is 50.9 Å². The quantitative estimate of drug-likeness (QED) is 0.147. The van der Waals surface area contributed by atoms with Gasteiger partial charge in [0.05, 0.1) is 29.2 Å². The van der Waals surface area contributed by atoms with Crippen molar-refractivity contribution in [2.75, 3.05) is 29.9 Å². The summed E-state index contributed by atoms with van der Waals surface area (Å²) >= 11 is 5.90. The van der Waals surface area contributed by atoms with Gasteiger partial charge in [-0.1, -0.05) is 30.7 Å². The first-order valence-electron chi connectivity index (χ1n) is 18.0. The minimum Gasteiger partial charge on any atom is -0.473 e. The average Bonchev–Trinajstić information content (AvgIpc) is 3.47. The molecule has 2 aliphatic heterocycles. The van der Waals surface area contributed by atoms with E-state index >= 15 is 0 Å². The van der Waals surface area contributed by atoms with Crippen LogP contribution >= 0.6 is 11.6 Å². The summed E-state index contributed by atoms with van der Waals surface area (Å²) in [5.41, 5.74) is 5.74. The number of pyridine rings is 1. The van der Waals surface area contributed by atoms with Crippen LogP contribution in [0.4, 0.5) is 15.9 Å². The van der Waals surface area contributed by atoms with E-state index in [0.29, 0.717) is 33.6 Å². The third-order valence-corrected chi connectivity index (χ3v) is 11.4. The van der Waals surface area contributed by atoms with Gasteiger partial charge >= 0.3 is 0 Å². The molecule has 3 fully saturated rings. The van der Waals surface area contributed by atoms with Crippen molar-refractivity contribution in [2.24, 2.45) is 5.41 Å². The fourth-order valence-corrected chi connectivity index (χ4v) is 8.05. The second-order valence-corrected chi connectivity index (χ2v) is 14.7. The number of amides is 1. The van der Waals surface area contributed by atoms with Crippen molar-refractivity contribution in [3.8, 4) is 5.88 Å². The molecule has 1 amide bonds. The molecule has 5 heterocycles. The summed E-state index contributed by atoms with van der Waals surface area (Å²) in [6.45, 7) is 5.48. The molecule has 9 rings (SSSR count). The van der Waals surface area contributed by atoms with Crippen LogP contribution in [0, 0.1) is 11.2 Å². The number of imidazole rings is 1. The topological polar surface area (TPSA) is 110 Å². The van der Waals surface area contributed by atoms with Crippen molar-refractivity contribution in [1.29, 1.82) is 0 Å². The van der Waals surface area contributed by atoms with Crippen LogP contribution < -0.4 is 15.0 Å². The predicted octanol–water partition coefficient (Wildman–Crippen LogP) is 8.06. The molecular formula is C40H39ClFN7O3. The maximum absolute atomic E-state index is 14.3. The maximum atomic E-state index is 14.3. The SMILES string of the molecule is CCc1[nH]nc2ccc(C(=O)Nc3ccc4c(c3)nc(C3CC35CCN(c3cccc(OCc6ccc(Cl)cc6F)n3)CC5)n4C[C@@H]3CCO3)cc12. The number of aromatic nitrogens is 5. The van der Waals surface area contributed by atoms with Crippen LogP contribution in [0.2, 0.25) is 5.02 Å². The number of carbonyl (C=O) groups excluding carboxylic acids is 1. The Labute approximate surface area is 305 Å². The predicted molar refractivity (Wildman–Crippen MR) is 199 cm³/mol. The number of benzene rings is 3. The minimum atomic E-state index is -0.393. The zero-order chi connectivity index (χ0) is 35.4. The molecule has 3 aromatic heterocycles. The van der Waals surface area contributed by atoms with Crippen LogP contribution in [0.1, 0.15) is 66.0 Å². The van der Waals surface area contributed by atoms with Gasteiger partial charge in [-0.15, -0.1) is 0 Å². The van der Waals surface area contributed by atoms with Crippen LogP contribution in [0.15, 0.2) is 72.8 Å². The molecule has 1 unspecified atom stereocenters. The number of carbonyl (C=O) groups is 1. The number of H-pyrrole nitrogens is 1. The molecule has 6 aromatic rings. The Morgan fingerprint density at radius 3 is 2.73 bits per heavy atom. The third-order valence-electron chi connectivity index (χ3n) is 11.1. The molecule has 3 aliphatic rings. The van der Waals surface area contributed by atoms with Crippen LogP contribution in [0.25, 0.3) is 21.9 Å². The number of nitrogens with one attached hydrogen (secondary N) is 2. The van der Waals surface area contributed by atoms with Crippen molar-refractivity contribution < 1.29 is 18.7 Å². The molecule has 2 N–H and O–H groups in total. The highest BCUT2D eigenvalue weighted by molar-refractivity contribution is 6.30. The Kier molecular flexibility index (Phi) is 8.35. The molecule has 10 nitrogen and oxygen atoms in total. The van der Waals surface area contributed by atoms with E-state index in [2.05, 4.69) is 38.0 Å². The third kappa shape index (κ3) is 6.15. The summed E-state index contributed by atoms with van der Waals surface area (Å²) in [6.07, 6.45) is 5.21. The summed E-state index contributed by atoms with van der Waals surface area (Å²) in [5.74, 6) is 2.23. The number of piperidine rings is 1. The zero-order valence-electron chi connectivity index (χ0n) is 28.9. The number of rotatable bonds is 10. The summed E-state index contributed by atoms with van der Waals surface area (Å²) in [4.78, 5) is 25.7. The minimum absolute atomic E-state index is 0.0765. The highest BCUT2D eigenvalue weighted by Crippen LogP contribution is 2.65. The molecule has 1 aliphatic carbocycles. The van der Waals surface area contributed by atoms with E-state index in [-0.39, 0.29) is 24.0 Å². The van der Waals surface area contributed by atoms with E-state index in [0.717, 1.165) is 97.6 Å². The monoisotopic (exact) mass is 719 g/mol. The smallest absolute Gasteiger partial charge is 0.255 e. The fourth-order valence-electron chi connectivity index (χ4n) is 7.89. The van der Waals surface area contributed by atoms with Gasteiger partial charge in [0.15, 0.2) is 0 Å². The molecule has 3 aromatic carbocycles. The van der Waals surface area contributed by atoms with E-state index < -0.39 is 5.82 Å². The highest BCUT2D eigenvalue weighted by Gasteiger charge is 2.57. The van der Waals surface area contributed by atoms with Crippen molar-refractivity contribution in [2.45, 2.75) is 64.2 Å². The van der Waals surface area contributed by atoms with Gasteiger partial charge in [0.2, 0.25) is 5.88 Å². The highest BCUT2D eigenvalue weighted by atomic mass is 35.5. The first-order chi connectivity index (χ1) is 25.4. The lowest BCUT2D eigenvalue weighted by Gasteiger charge is -2.34. The summed E-state index contributed by atoms with van der Waals surface area (Å²) in [5, 5.41) is 11.8. The number of halogens is 2. The normalized spacial score (nSPS) is 19.2. The number of aryl methyl sites for hydroxylation is 1. The van der Waals surface area contributed by atoms with E-state index in [1.54, 1.807) is 18.2 Å². The molecular weight excluding hydrogens is 681 g/mol. The van der Waals surface area contributed by atoms with Crippen LogP contribution in [-0.4, -0.2) is 56.4 Å². The number of aromatic amines is 1. The lowest BCUT2D eigenvalue weighted by molar-refractivity contribution is -0.0590. The number of anilines is 2. The van der Waals surface area contributed by atoms with Gasteiger partial charge in [0.1, 0.15) is 24.1 Å². The van der Waals surface area contributed by atoms with E-state index in [1.807, 2.05) is 42.5 Å². The first-order valence-corrected chi connectivity index (χ1v) is 18.4. The van der Waals surface area contributed by atoms with Crippen LogP contribution in [0.5, 0.6) is 5.88 Å². The van der Waals surface area contributed by atoms with Gasteiger partial charge in [-0.3, -0.25) is 9.89 Å². The van der Waals surface area contributed by atoms with Crippen molar-refractivity contribution in [3.63, 3.8) is 0 Å². The van der Waals surface area contributed by atoms with E-state index in [1.165, 1.54) is 6.07 Å². The van der Waals surface area contributed by atoms with Gasteiger partial charge in [-0.25, -0.2) is 9.37 Å². The average molecular weight is 720 g/mol. The van der Waals surface area contributed by atoms with Crippen molar-refractivity contribution in [3.05, 3.63) is 106 Å². The number of fused-ring (bicyclic) bond motifs is 2. The van der Waals surface area contributed by atoms with Gasteiger partial charge in [-0.2, -0.15) is 10.1 Å². The van der Waals surface area contributed by atoms with Crippen molar-refractivity contribution in [1.82, 2.24) is 24.7 Å². The molecule has 1 saturated carbocycles. The number of hydrogen-bond acceptors (Lipinski definition) is 7. The first kappa shape index (κ1) is 32.9. The summed E-state index contributed by atoms with van der Waals surface area (Å²) in [7, 11) is 0. The Bertz CT molecular complexity index is 2310. The largest absolute Gasteiger partial charge is 0.473 e. The molecule has 52 heavy (non-hydrogen) atoms. The van der Waals surface area contributed by atoms with Crippen LogP contribution in [-0.2, 0) is 24.3 Å². The second kappa shape index (κ2) is 13.2. The molecule has 266 valence electrons. The molecule has 2 saturated heterocycles. The molecule has 12 heteroatoms. The lowest BCUT2D eigenvalue weighted by atomic mass is 9.90. The molecule has 0 bridgehead atoms. The molecule has 1 spiro atoms. The Morgan fingerprint density at radius 2 is 1.94 bits per heavy atom. The molecule has 2 atom stereocenters. The lowest BCUT2D eigenvalue weighted by Crippen LogP contribution is -2.36. The van der Waals surface area contributed by atoms with Crippen LogP contribution in [0.3, 0.4) is 0 Å². The summed E-state index contributed by atoms with van der Waals surface area (Å²) < 4.78 is 28.4. The second-order valence-electron chi connectivity index (χ2n) is 14.3. The van der Waals surface area contributed by atoms with E-state index in [4.69, 9.17) is 31.0 Å². The Morgan fingerprint density at radius 1 is 1.08 bits per heavy atom. The number of nitrogens with zero attached hydrogens (tertiary/aromatic N) is 5. The Balaban J connectivity index is 0.898. The summed E-state index contributed by atoms with van der Waals surface area (Å²) in [6, 6.07) is 21.9. The van der Waals surface area contributed by atoms with Gasteiger partial charge in [0.25, 0.3) is 5.91 Å².